The van der Waals surface area contributed by atoms with E-state index in [9.17, 15) is 0 Å². The van der Waals surface area contributed by atoms with Crippen molar-refractivity contribution in [1.82, 2.24) is 14.9 Å². The fourth-order valence-electron chi connectivity index (χ4n) is 2.77. The summed E-state index contributed by atoms with van der Waals surface area (Å²) in [6.45, 7) is 7.59. The van der Waals surface area contributed by atoms with E-state index >= 15 is 0 Å². The van der Waals surface area contributed by atoms with Gasteiger partial charge in [-0.2, -0.15) is 4.98 Å². The highest BCUT2D eigenvalue weighted by atomic mass is 16.5. The van der Waals surface area contributed by atoms with Crippen LogP contribution in [0.3, 0.4) is 0 Å². The smallest absolute Gasteiger partial charge is 0.217 e. The van der Waals surface area contributed by atoms with Crippen molar-refractivity contribution in [3.63, 3.8) is 0 Å². The van der Waals surface area contributed by atoms with E-state index in [1.54, 1.807) is 0 Å². The zero-order valence-electron chi connectivity index (χ0n) is 14.3. The molecule has 0 radical (unpaired) electrons. The number of hydrogen-bond acceptors (Lipinski definition) is 5. The first-order chi connectivity index (χ1) is 11.8. The van der Waals surface area contributed by atoms with Gasteiger partial charge in [0.2, 0.25) is 5.88 Å². The van der Waals surface area contributed by atoms with Crippen molar-refractivity contribution in [2.75, 3.05) is 39.5 Å². The Morgan fingerprint density at radius 3 is 2.67 bits per heavy atom. The van der Waals surface area contributed by atoms with Gasteiger partial charge in [0.15, 0.2) is 5.82 Å². The number of unbranched alkanes of at least 4 members (excludes halogenated alkanes) is 1. The van der Waals surface area contributed by atoms with Gasteiger partial charge in [-0.25, -0.2) is 4.98 Å². The largest absolute Gasteiger partial charge is 0.478 e. The van der Waals surface area contributed by atoms with E-state index in [4.69, 9.17) is 9.47 Å². The maximum atomic E-state index is 5.84. The summed E-state index contributed by atoms with van der Waals surface area (Å²) >= 11 is 0. The number of ether oxygens (including phenoxy) is 2. The van der Waals surface area contributed by atoms with Crippen molar-refractivity contribution >= 4 is 0 Å². The lowest BCUT2D eigenvalue weighted by molar-refractivity contribution is 0.0367. The lowest BCUT2D eigenvalue weighted by atomic mass is 10.2. The molecular formula is C19H25N3O2. The average Bonchev–Trinajstić information content (AvgIpc) is 2.63. The van der Waals surface area contributed by atoms with E-state index in [1.165, 1.54) is 0 Å². The standard InChI is InChI=1S/C19H25N3O2/c1-16-15-18(21-19(20-16)17-7-3-2-4-8-17)24-12-6-5-9-22-10-13-23-14-11-22/h2-4,7-8,15H,5-6,9-14H2,1H3. The molecule has 1 aromatic heterocycles. The molecule has 24 heavy (non-hydrogen) atoms. The molecule has 1 saturated heterocycles. The molecule has 0 spiro atoms. The molecule has 2 heterocycles. The molecule has 1 fully saturated rings. The second kappa shape index (κ2) is 8.76. The lowest BCUT2D eigenvalue weighted by Gasteiger charge is -2.26. The molecule has 0 aliphatic carbocycles. The van der Waals surface area contributed by atoms with Crippen LogP contribution in [-0.4, -0.2) is 54.3 Å². The summed E-state index contributed by atoms with van der Waals surface area (Å²) in [7, 11) is 0. The van der Waals surface area contributed by atoms with E-state index in [2.05, 4.69) is 14.9 Å². The van der Waals surface area contributed by atoms with Crippen LogP contribution < -0.4 is 4.74 Å². The first kappa shape index (κ1) is 16.9. The molecule has 1 aliphatic heterocycles. The van der Waals surface area contributed by atoms with E-state index in [-0.39, 0.29) is 0 Å². The van der Waals surface area contributed by atoms with Crippen molar-refractivity contribution < 1.29 is 9.47 Å². The van der Waals surface area contributed by atoms with Crippen LogP contribution in [0.5, 0.6) is 5.88 Å². The van der Waals surface area contributed by atoms with Crippen LogP contribution >= 0.6 is 0 Å². The highest BCUT2D eigenvalue weighted by Gasteiger charge is 2.09. The minimum atomic E-state index is 0.660. The minimum Gasteiger partial charge on any atom is -0.478 e. The van der Waals surface area contributed by atoms with Crippen LogP contribution in [-0.2, 0) is 4.74 Å². The second-order valence-corrected chi connectivity index (χ2v) is 6.05. The maximum Gasteiger partial charge on any atom is 0.217 e. The summed E-state index contributed by atoms with van der Waals surface area (Å²) in [5, 5.41) is 0. The van der Waals surface area contributed by atoms with Crippen LogP contribution in [0.15, 0.2) is 36.4 Å². The third kappa shape index (κ3) is 5.01. The van der Waals surface area contributed by atoms with Gasteiger partial charge in [-0.15, -0.1) is 0 Å². The van der Waals surface area contributed by atoms with Gasteiger partial charge in [-0.05, 0) is 26.3 Å². The van der Waals surface area contributed by atoms with Crippen molar-refractivity contribution in [2.24, 2.45) is 0 Å². The Kier molecular flexibility index (Phi) is 6.15. The van der Waals surface area contributed by atoms with Gasteiger partial charge in [-0.1, -0.05) is 30.3 Å². The predicted octanol–water partition coefficient (Wildman–Crippen LogP) is 2.94. The van der Waals surface area contributed by atoms with Crippen molar-refractivity contribution in [3.05, 3.63) is 42.1 Å². The quantitative estimate of drug-likeness (QED) is 0.732. The Balaban J connectivity index is 1.47. The van der Waals surface area contributed by atoms with Crippen LogP contribution in [0, 0.1) is 6.92 Å². The summed E-state index contributed by atoms with van der Waals surface area (Å²) in [5.74, 6) is 1.38. The molecular weight excluding hydrogens is 302 g/mol. The molecule has 3 rings (SSSR count). The third-order valence-corrected chi connectivity index (χ3v) is 4.09. The predicted molar refractivity (Wildman–Crippen MR) is 94.2 cm³/mol. The van der Waals surface area contributed by atoms with Gasteiger partial charge >= 0.3 is 0 Å². The second-order valence-electron chi connectivity index (χ2n) is 6.05. The van der Waals surface area contributed by atoms with Crippen molar-refractivity contribution in [2.45, 2.75) is 19.8 Å². The third-order valence-electron chi connectivity index (χ3n) is 4.09. The lowest BCUT2D eigenvalue weighted by Crippen LogP contribution is -2.36. The molecule has 128 valence electrons. The Morgan fingerprint density at radius 2 is 1.88 bits per heavy atom. The Bertz CT molecular complexity index is 628. The zero-order chi connectivity index (χ0) is 16.6. The van der Waals surface area contributed by atoms with Crippen LogP contribution in [0.4, 0.5) is 0 Å². The molecule has 5 nitrogen and oxygen atoms in total. The molecule has 5 heteroatoms. The normalized spacial score (nSPS) is 15.4. The van der Waals surface area contributed by atoms with Gasteiger partial charge in [0.1, 0.15) is 0 Å². The first-order valence-electron chi connectivity index (χ1n) is 8.65. The maximum absolute atomic E-state index is 5.84. The van der Waals surface area contributed by atoms with Gasteiger partial charge in [-0.3, -0.25) is 4.90 Å². The first-order valence-corrected chi connectivity index (χ1v) is 8.65. The molecule has 1 aromatic carbocycles. The van der Waals surface area contributed by atoms with Gasteiger partial charge in [0.25, 0.3) is 0 Å². The summed E-state index contributed by atoms with van der Waals surface area (Å²) in [6.07, 6.45) is 2.16. The van der Waals surface area contributed by atoms with E-state index in [1.807, 2.05) is 43.3 Å². The van der Waals surface area contributed by atoms with Gasteiger partial charge < -0.3 is 9.47 Å². The van der Waals surface area contributed by atoms with Gasteiger partial charge in [0, 0.05) is 30.4 Å². The number of aromatic nitrogens is 2. The average molecular weight is 327 g/mol. The van der Waals surface area contributed by atoms with Crippen LogP contribution in [0.1, 0.15) is 18.5 Å². The molecule has 0 unspecified atom stereocenters. The number of aryl methyl sites for hydroxylation is 1. The van der Waals surface area contributed by atoms with E-state index in [0.29, 0.717) is 12.5 Å². The molecule has 0 atom stereocenters. The van der Waals surface area contributed by atoms with E-state index < -0.39 is 0 Å². The molecule has 1 aliphatic rings. The van der Waals surface area contributed by atoms with Crippen LogP contribution in [0.25, 0.3) is 11.4 Å². The minimum absolute atomic E-state index is 0.660. The highest BCUT2D eigenvalue weighted by molar-refractivity contribution is 5.55. The number of nitrogens with zero attached hydrogens (tertiary/aromatic N) is 3. The zero-order valence-corrected chi connectivity index (χ0v) is 14.3. The van der Waals surface area contributed by atoms with Crippen molar-refractivity contribution in [3.8, 4) is 17.3 Å². The number of hydrogen-bond donors (Lipinski definition) is 0. The summed E-state index contributed by atoms with van der Waals surface area (Å²) in [6, 6.07) is 11.9. The number of rotatable bonds is 7. The Labute approximate surface area is 143 Å². The van der Waals surface area contributed by atoms with Crippen LogP contribution in [0.2, 0.25) is 0 Å². The summed E-state index contributed by atoms with van der Waals surface area (Å²) in [4.78, 5) is 11.5. The summed E-state index contributed by atoms with van der Waals surface area (Å²) in [5.41, 5.74) is 1.94. The van der Waals surface area contributed by atoms with Gasteiger partial charge in [0.05, 0.1) is 19.8 Å². The highest BCUT2D eigenvalue weighted by Crippen LogP contribution is 2.18. The summed E-state index contributed by atoms with van der Waals surface area (Å²) < 4.78 is 11.2. The number of benzene rings is 1. The topological polar surface area (TPSA) is 47.5 Å². The fourth-order valence-corrected chi connectivity index (χ4v) is 2.77. The molecule has 0 amide bonds. The molecule has 2 aromatic rings. The number of morpholine rings is 1. The Morgan fingerprint density at radius 1 is 1.08 bits per heavy atom. The van der Waals surface area contributed by atoms with E-state index in [0.717, 1.165) is 62.8 Å². The fraction of sp³-hybridized carbons (Fsp3) is 0.474. The molecule has 0 bridgehead atoms. The molecule has 0 N–H and O–H groups in total. The molecule has 0 saturated carbocycles. The Hall–Kier alpha value is -1.98. The SMILES string of the molecule is Cc1cc(OCCCCN2CCOCC2)nc(-c2ccccc2)n1. The monoisotopic (exact) mass is 327 g/mol. The van der Waals surface area contributed by atoms with Crippen molar-refractivity contribution in [1.29, 1.82) is 0 Å².